The van der Waals surface area contributed by atoms with E-state index < -0.39 is 0 Å². The van der Waals surface area contributed by atoms with E-state index in [2.05, 4.69) is 0 Å². The molecular formula is C13H12O4S. The molecular weight excluding hydrogens is 252 g/mol. The van der Waals surface area contributed by atoms with E-state index in [1.807, 2.05) is 30.3 Å². The molecule has 4 rings (SSSR count). The first-order valence-corrected chi connectivity index (χ1v) is 6.46. The van der Waals surface area contributed by atoms with Crippen molar-refractivity contribution in [2.24, 2.45) is 0 Å². The van der Waals surface area contributed by atoms with Crippen LogP contribution in [0, 0.1) is 0 Å². The standard InChI is InChI=1S/C13H12O4S/c18-13(14-7-4-2-1-3-5-7)16-9-6-8-11-12(17-11)10(9)15-8/h1-5,8-12H,6H2/t8-,9+,10+,11-,12-/m1/s1. The van der Waals surface area contributed by atoms with E-state index >= 15 is 0 Å². The zero-order valence-electron chi connectivity index (χ0n) is 9.52. The summed E-state index contributed by atoms with van der Waals surface area (Å²) in [7, 11) is 0. The minimum Gasteiger partial charge on any atom is -0.450 e. The third kappa shape index (κ3) is 1.70. The second-order valence-electron chi connectivity index (χ2n) is 4.76. The van der Waals surface area contributed by atoms with E-state index in [9.17, 15) is 0 Å². The zero-order valence-corrected chi connectivity index (χ0v) is 10.3. The van der Waals surface area contributed by atoms with Crippen LogP contribution in [-0.2, 0) is 14.2 Å². The van der Waals surface area contributed by atoms with Crippen molar-refractivity contribution in [3.05, 3.63) is 30.3 Å². The molecule has 1 aromatic rings. The van der Waals surface area contributed by atoms with Crippen molar-refractivity contribution in [2.75, 3.05) is 0 Å². The molecule has 3 saturated heterocycles. The summed E-state index contributed by atoms with van der Waals surface area (Å²) >= 11 is 5.10. The van der Waals surface area contributed by atoms with Crippen molar-refractivity contribution in [3.63, 3.8) is 0 Å². The van der Waals surface area contributed by atoms with Gasteiger partial charge in [-0.15, -0.1) is 0 Å². The van der Waals surface area contributed by atoms with Gasteiger partial charge in [0.1, 0.15) is 30.2 Å². The molecule has 0 aromatic heterocycles. The normalized spacial score (nSPS) is 39.2. The first-order valence-electron chi connectivity index (χ1n) is 6.06. The van der Waals surface area contributed by atoms with Crippen LogP contribution in [0.5, 0.6) is 5.75 Å². The molecule has 0 saturated carbocycles. The van der Waals surface area contributed by atoms with Crippen LogP contribution in [0.4, 0.5) is 0 Å². The molecule has 94 valence electrons. The lowest BCUT2D eigenvalue weighted by molar-refractivity contribution is -0.00696. The molecule has 0 unspecified atom stereocenters. The Labute approximate surface area is 110 Å². The van der Waals surface area contributed by atoms with Crippen LogP contribution in [0.1, 0.15) is 6.42 Å². The van der Waals surface area contributed by atoms with Gasteiger partial charge in [0.25, 0.3) is 0 Å². The molecule has 3 aliphatic rings. The Morgan fingerprint density at radius 2 is 1.94 bits per heavy atom. The van der Waals surface area contributed by atoms with Gasteiger partial charge in [-0.25, -0.2) is 0 Å². The van der Waals surface area contributed by atoms with E-state index in [1.165, 1.54) is 0 Å². The van der Waals surface area contributed by atoms with Gasteiger partial charge in [0, 0.05) is 18.6 Å². The fraction of sp³-hybridized carbons (Fsp3) is 0.462. The molecule has 0 aliphatic carbocycles. The highest BCUT2D eigenvalue weighted by Gasteiger charge is 2.66. The van der Waals surface area contributed by atoms with E-state index in [4.69, 9.17) is 31.2 Å². The highest BCUT2D eigenvalue weighted by Crippen LogP contribution is 2.49. The molecule has 5 atom stereocenters. The van der Waals surface area contributed by atoms with Gasteiger partial charge in [0.2, 0.25) is 0 Å². The molecule has 4 nitrogen and oxygen atoms in total. The van der Waals surface area contributed by atoms with Crippen LogP contribution in [0.25, 0.3) is 0 Å². The fourth-order valence-electron chi connectivity index (χ4n) is 2.76. The Morgan fingerprint density at radius 1 is 1.11 bits per heavy atom. The van der Waals surface area contributed by atoms with Gasteiger partial charge < -0.3 is 18.9 Å². The second-order valence-corrected chi connectivity index (χ2v) is 5.09. The smallest absolute Gasteiger partial charge is 0.358 e. The van der Waals surface area contributed by atoms with Gasteiger partial charge in [-0.1, -0.05) is 18.2 Å². The third-order valence-electron chi connectivity index (χ3n) is 3.61. The number of fused-ring (bicyclic) bond motifs is 5. The van der Waals surface area contributed by atoms with Crippen molar-refractivity contribution < 1.29 is 18.9 Å². The van der Waals surface area contributed by atoms with Crippen LogP contribution >= 0.6 is 12.2 Å². The maximum absolute atomic E-state index is 5.73. The maximum atomic E-state index is 5.73. The van der Waals surface area contributed by atoms with Crippen molar-refractivity contribution in [1.82, 2.24) is 0 Å². The Kier molecular flexibility index (Phi) is 2.33. The van der Waals surface area contributed by atoms with Gasteiger partial charge in [0.05, 0.1) is 6.10 Å². The Bertz CT molecular complexity index is 477. The first kappa shape index (κ1) is 10.7. The summed E-state index contributed by atoms with van der Waals surface area (Å²) in [6.07, 6.45) is 1.54. The van der Waals surface area contributed by atoms with Crippen LogP contribution in [-0.4, -0.2) is 35.8 Å². The maximum Gasteiger partial charge on any atom is 0.358 e. The third-order valence-corrected chi connectivity index (χ3v) is 3.79. The Balaban J connectivity index is 1.37. The number of ether oxygens (including phenoxy) is 4. The molecule has 3 heterocycles. The van der Waals surface area contributed by atoms with Gasteiger partial charge in [-0.2, -0.15) is 0 Å². The Hall–Kier alpha value is -1.17. The van der Waals surface area contributed by atoms with E-state index in [-0.39, 0.29) is 29.7 Å². The van der Waals surface area contributed by atoms with Gasteiger partial charge in [-0.05, 0) is 12.1 Å². The van der Waals surface area contributed by atoms with Gasteiger partial charge in [-0.3, -0.25) is 0 Å². The average molecular weight is 264 g/mol. The lowest BCUT2D eigenvalue weighted by Crippen LogP contribution is -2.34. The molecule has 2 bridgehead atoms. The molecule has 18 heavy (non-hydrogen) atoms. The lowest BCUT2D eigenvalue weighted by atomic mass is 9.98. The summed E-state index contributed by atoms with van der Waals surface area (Å²) < 4.78 is 22.3. The summed E-state index contributed by atoms with van der Waals surface area (Å²) in [6, 6.07) is 9.38. The summed E-state index contributed by atoms with van der Waals surface area (Å²) in [6.45, 7) is 0. The quantitative estimate of drug-likeness (QED) is 0.600. The first-order chi connectivity index (χ1) is 8.81. The largest absolute Gasteiger partial charge is 0.450 e. The minimum absolute atomic E-state index is 0.0253. The molecule has 1 aromatic carbocycles. The minimum atomic E-state index is -0.0324. The van der Waals surface area contributed by atoms with E-state index in [1.54, 1.807) is 0 Å². The highest BCUT2D eigenvalue weighted by atomic mass is 32.1. The van der Waals surface area contributed by atoms with E-state index in [0.717, 1.165) is 6.42 Å². The number of hydrogen-bond acceptors (Lipinski definition) is 5. The molecule has 0 N–H and O–H groups in total. The summed E-state index contributed by atoms with van der Waals surface area (Å²) in [4.78, 5) is 0. The van der Waals surface area contributed by atoms with Crippen LogP contribution in [0.2, 0.25) is 0 Å². The van der Waals surface area contributed by atoms with Crippen molar-refractivity contribution in [3.8, 4) is 5.75 Å². The van der Waals surface area contributed by atoms with Crippen LogP contribution in [0.3, 0.4) is 0 Å². The predicted octanol–water partition coefficient (Wildman–Crippen LogP) is 1.67. The lowest BCUT2D eigenvalue weighted by Gasteiger charge is -2.18. The van der Waals surface area contributed by atoms with E-state index in [0.29, 0.717) is 11.9 Å². The zero-order chi connectivity index (χ0) is 12.1. The summed E-state index contributed by atoms with van der Waals surface area (Å²) in [5.74, 6) is 0.687. The molecule has 0 radical (unpaired) electrons. The number of para-hydroxylation sites is 1. The van der Waals surface area contributed by atoms with Crippen molar-refractivity contribution >= 4 is 17.5 Å². The van der Waals surface area contributed by atoms with Crippen molar-refractivity contribution in [1.29, 1.82) is 0 Å². The monoisotopic (exact) mass is 264 g/mol. The topological polar surface area (TPSA) is 40.2 Å². The number of epoxide rings is 1. The number of rotatable bonds is 2. The number of hydrogen-bond donors (Lipinski definition) is 0. The van der Waals surface area contributed by atoms with Gasteiger partial charge >= 0.3 is 5.24 Å². The molecule has 0 spiro atoms. The fourth-order valence-corrected chi connectivity index (χ4v) is 2.98. The van der Waals surface area contributed by atoms with Crippen molar-refractivity contribution in [2.45, 2.75) is 36.9 Å². The second kappa shape index (κ2) is 3.91. The highest BCUT2D eigenvalue weighted by molar-refractivity contribution is 7.79. The Morgan fingerprint density at radius 3 is 2.67 bits per heavy atom. The van der Waals surface area contributed by atoms with Crippen LogP contribution in [0.15, 0.2) is 30.3 Å². The molecule has 3 aliphatic heterocycles. The molecule has 0 amide bonds. The number of benzene rings is 1. The predicted molar refractivity (Wildman–Crippen MR) is 66.5 cm³/mol. The SMILES string of the molecule is S=C(Oc1ccccc1)O[C@H]1C[C@H]2O[C@@H]1[C@H]1O[C@@H]12. The molecule has 5 heteroatoms. The average Bonchev–Trinajstić information content (AvgIpc) is 2.99. The summed E-state index contributed by atoms with van der Waals surface area (Å²) in [5.41, 5.74) is 0. The molecule has 3 fully saturated rings. The van der Waals surface area contributed by atoms with Crippen LogP contribution < -0.4 is 4.74 Å². The number of thiocarbonyl (C=S) groups is 1. The van der Waals surface area contributed by atoms with Gasteiger partial charge in [0.15, 0.2) is 0 Å². The summed E-state index contributed by atoms with van der Waals surface area (Å²) in [5, 5.41) is 0.152.